The molecule has 1 aliphatic rings. The number of H-pyrrole nitrogens is 1. The number of nitrogens with zero attached hydrogens (tertiary/aromatic N) is 1. The second kappa shape index (κ2) is 8.49. The fourth-order valence-corrected chi connectivity index (χ4v) is 6.07. The van der Waals surface area contributed by atoms with Gasteiger partial charge in [0.25, 0.3) is 5.56 Å². The van der Waals surface area contributed by atoms with Crippen molar-refractivity contribution in [1.29, 1.82) is 0 Å². The van der Waals surface area contributed by atoms with Crippen molar-refractivity contribution in [2.75, 3.05) is 0 Å². The molecule has 2 aromatic heterocycles. The Morgan fingerprint density at radius 1 is 0.909 bits per heavy atom. The first kappa shape index (κ1) is 20.2. The monoisotopic (exact) mass is 452 g/mol. The molecule has 0 radical (unpaired) electrons. The number of thiophene rings is 1. The summed E-state index contributed by atoms with van der Waals surface area (Å²) >= 11 is 1.69. The predicted octanol–water partition coefficient (Wildman–Crippen LogP) is 6.65. The van der Waals surface area contributed by atoms with Crippen molar-refractivity contribution in [3.05, 3.63) is 93.1 Å². The molecule has 0 aliphatic heterocycles. The third-order valence-electron chi connectivity index (χ3n) is 6.44. The fourth-order valence-electron chi connectivity index (χ4n) is 4.81. The van der Waals surface area contributed by atoms with Gasteiger partial charge in [0.15, 0.2) is 0 Å². The molecule has 0 bridgehead atoms. The van der Waals surface area contributed by atoms with Crippen LogP contribution in [0.25, 0.3) is 32.4 Å². The molecule has 0 saturated carbocycles. The van der Waals surface area contributed by atoms with Crippen LogP contribution in [0.2, 0.25) is 0 Å². The van der Waals surface area contributed by atoms with Crippen molar-refractivity contribution in [2.24, 2.45) is 0 Å². The number of hydrogen-bond acceptors (Lipinski definition) is 4. The Kier molecular flexibility index (Phi) is 5.19. The highest BCUT2D eigenvalue weighted by atomic mass is 32.1. The molecule has 164 valence electrons. The summed E-state index contributed by atoms with van der Waals surface area (Å²) in [7, 11) is 0. The minimum absolute atomic E-state index is 0.0451. The van der Waals surface area contributed by atoms with Gasteiger partial charge in [-0.15, -0.1) is 11.3 Å². The first-order valence-corrected chi connectivity index (χ1v) is 12.3. The highest BCUT2D eigenvalue weighted by Gasteiger charge is 2.21. The summed E-state index contributed by atoms with van der Waals surface area (Å²) < 4.78 is 6.28. The Labute approximate surface area is 195 Å². The SMILES string of the molecule is O=c1[nH]c(-c2c(OCc3ccccc3)ccc3ccccc23)nc2sc3c(c12)CCCCC3. The van der Waals surface area contributed by atoms with Gasteiger partial charge < -0.3 is 9.72 Å². The molecule has 0 atom stereocenters. The molecule has 4 nitrogen and oxygen atoms in total. The summed E-state index contributed by atoms with van der Waals surface area (Å²) in [5.41, 5.74) is 3.10. The van der Waals surface area contributed by atoms with E-state index in [-0.39, 0.29) is 5.56 Å². The van der Waals surface area contributed by atoms with Crippen LogP contribution in [-0.2, 0) is 19.4 Å². The molecule has 0 saturated heterocycles. The van der Waals surface area contributed by atoms with Gasteiger partial charge in [0.1, 0.15) is 23.0 Å². The molecule has 33 heavy (non-hydrogen) atoms. The van der Waals surface area contributed by atoms with Crippen molar-refractivity contribution in [2.45, 2.75) is 38.7 Å². The van der Waals surface area contributed by atoms with Crippen LogP contribution in [0, 0.1) is 0 Å². The van der Waals surface area contributed by atoms with E-state index in [0.29, 0.717) is 12.4 Å². The van der Waals surface area contributed by atoms with Crippen LogP contribution in [0.1, 0.15) is 35.3 Å². The first-order chi connectivity index (χ1) is 16.3. The largest absolute Gasteiger partial charge is 0.488 e. The number of hydrogen-bond donors (Lipinski definition) is 1. The van der Waals surface area contributed by atoms with Gasteiger partial charge in [-0.3, -0.25) is 4.79 Å². The number of aryl methyl sites for hydroxylation is 2. The van der Waals surface area contributed by atoms with Crippen molar-refractivity contribution >= 4 is 32.3 Å². The Morgan fingerprint density at radius 2 is 1.73 bits per heavy atom. The highest BCUT2D eigenvalue weighted by Crippen LogP contribution is 2.38. The van der Waals surface area contributed by atoms with Gasteiger partial charge in [0.2, 0.25) is 0 Å². The second-order valence-corrected chi connectivity index (χ2v) is 9.68. The summed E-state index contributed by atoms with van der Waals surface area (Å²) in [6.07, 6.45) is 5.57. The third kappa shape index (κ3) is 3.72. The molecular weight excluding hydrogens is 428 g/mol. The zero-order chi connectivity index (χ0) is 22.2. The van der Waals surface area contributed by atoms with Crippen LogP contribution in [0.15, 0.2) is 71.5 Å². The Hall–Kier alpha value is -3.44. The standard InChI is InChI=1S/C28H24N2O2S/c31-27-25-21-13-5-2-6-14-23(21)33-28(25)30-26(29-27)24-20-12-8-7-11-19(20)15-16-22(24)32-17-18-9-3-1-4-10-18/h1,3-4,7-12,15-16H,2,5-6,13-14,17H2,(H,29,30,31). The van der Waals surface area contributed by atoms with Crippen LogP contribution in [-0.4, -0.2) is 9.97 Å². The maximum Gasteiger partial charge on any atom is 0.260 e. The van der Waals surface area contributed by atoms with E-state index in [4.69, 9.17) is 9.72 Å². The maximum absolute atomic E-state index is 13.3. The van der Waals surface area contributed by atoms with E-state index in [9.17, 15) is 4.79 Å². The number of aromatic nitrogens is 2. The van der Waals surface area contributed by atoms with E-state index in [0.717, 1.165) is 57.1 Å². The molecule has 0 unspecified atom stereocenters. The molecule has 0 spiro atoms. The zero-order valence-corrected chi connectivity index (χ0v) is 19.1. The number of ether oxygens (including phenoxy) is 1. The van der Waals surface area contributed by atoms with E-state index >= 15 is 0 Å². The van der Waals surface area contributed by atoms with Gasteiger partial charge in [0.05, 0.1) is 10.9 Å². The Morgan fingerprint density at radius 3 is 2.64 bits per heavy atom. The van der Waals surface area contributed by atoms with E-state index in [1.165, 1.54) is 23.3 Å². The summed E-state index contributed by atoms with van der Waals surface area (Å²) in [6.45, 7) is 0.450. The molecule has 5 heteroatoms. The lowest BCUT2D eigenvalue weighted by molar-refractivity contribution is 0.308. The summed E-state index contributed by atoms with van der Waals surface area (Å²) in [5, 5.41) is 2.89. The van der Waals surface area contributed by atoms with Crippen LogP contribution in [0.4, 0.5) is 0 Å². The van der Waals surface area contributed by atoms with Gasteiger partial charge in [-0.25, -0.2) is 4.98 Å². The topological polar surface area (TPSA) is 55.0 Å². The van der Waals surface area contributed by atoms with Crippen LogP contribution in [0.5, 0.6) is 5.75 Å². The maximum atomic E-state index is 13.3. The Balaban J connectivity index is 1.51. The van der Waals surface area contributed by atoms with Gasteiger partial charge in [-0.1, -0.05) is 67.1 Å². The molecule has 0 fully saturated rings. The molecule has 2 heterocycles. The summed E-state index contributed by atoms with van der Waals surface area (Å²) in [6, 6.07) is 22.3. The molecular formula is C28H24N2O2S. The van der Waals surface area contributed by atoms with E-state index in [2.05, 4.69) is 23.2 Å². The second-order valence-electron chi connectivity index (χ2n) is 8.59. The minimum Gasteiger partial charge on any atom is -0.488 e. The normalized spacial score (nSPS) is 13.7. The molecule has 1 N–H and O–H groups in total. The predicted molar refractivity (Wildman–Crippen MR) is 135 cm³/mol. The average molecular weight is 453 g/mol. The number of fused-ring (bicyclic) bond motifs is 4. The van der Waals surface area contributed by atoms with Crippen molar-refractivity contribution < 1.29 is 4.74 Å². The minimum atomic E-state index is -0.0451. The smallest absolute Gasteiger partial charge is 0.260 e. The number of nitrogens with one attached hydrogen (secondary N) is 1. The quantitative estimate of drug-likeness (QED) is 0.311. The van der Waals surface area contributed by atoms with Crippen molar-refractivity contribution in [3.8, 4) is 17.1 Å². The van der Waals surface area contributed by atoms with E-state index in [1.54, 1.807) is 11.3 Å². The molecule has 1 aliphatic carbocycles. The fraction of sp³-hybridized carbons (Fsp3) is 0.214. The highest BCUT2D eigenvalue weighted by molar-refractivity contribution is 7.18. The zero-order valence-electron chi connectivity index (χ0n) is 18.3. The summed E-state index contributed by atoms with van der Waals surface area (Å²) in [4.78, 5) is 23.6. The third-order valence-corrected chi connectivity index (χ3v) is 7.63. The van der Waals surface area contributed by atoms with E-state index < -0.39 is 0 Å². The van der Waals surface area contributed by atoms with Gasteiger partial charge in [0, 0.05) is 4.88 Å². The lowest BCUT2D eigenvalue weighted by Gasteiger charge is -2.14. The summed E-state index contributed by atoms with van der Waals surface area (Å²) in [5.74, 6) is 1.29. The first-order valence-electron chi connectivity index (χ1n) is 11.5. The van der Waals surface area contributed by atoms with Crippen molar-refractivity contribution in [1.82, 2.24) is 9.97 Å². The van der Waals surface area contributed by atoms with Crippen LogP contribution >= 0.6 is 11.3 Å². The molecule has 3 aromatic carbocycles. The number of benzene rings is 3. The molecule has 6 rings (SSSR count). The Bertz CT molecular complexity index is 1520. The molecule has 0 amide bonds. The number of aromatic amines is 1. The van der Waals surface area contributed by atoms with Crippen LogP contribution < -0.4 is 10.3 Å². The lowest BCUT2D eigenvalue weighted by Crippen LogP contribution is -2.11. The van der Waals surface area contributed by atoms with E-state index in [1.807, 2.05) is 48.5 Å². The lowest BCUT2D eigenvalue weighted by atomic mass is 10.0. The number of rotatable bonds is 4. The molecule has 5 aromatic rings. The van der Waals surface area contributed by atoms with Gasteiger partial charge in [-0.05, 0) is 53.6 Å². The van der Waals surface area contributed by atoms with Crippen molar-refractivity contribution in [3.63, 3.8) is 0 Å². The average Bonchev–Trinajstić information content (AvgIpc) is 3.04. The van der Waals surface area contributed by atoms with Gasteiger partial charge >= 0.3 is 0 Å². The van der Waals surface area contributed by atoms with Gasteiger partial charge in [-0.2, -0.15) is 0 Å². The van der Waals surface area contributed by atoms with Crippen LogP contribution in [0.3, 0.4) is 0 Å².